The minimum Gasteiger partial charge on any atom is -0.241 e. The Morgan fingerprint density at radius 3 is 2.36 bits per heavy atom. The van der Waals surface area contributed by atoms with E-state index in [9.17, 15) is 17.0 Å². The van der Waals surface area contributed by atoms with Crippen molar-refractivity contribution in [3.05, 3.63) is 66.1 Å². The van der Waals surface area contributed by atoms with Crippen molar-refractivity contribution in [2.45, 2.75) is 37.3 Å². The maximum absolute atomic E-state index is 14.8. The van der Waals surface area contributed by atoms with E-state index in [4.69, 9.17) is 0 Å². The van der Waals surface area contributed by atoms with Crippen LogP contribution in [0.5, 0.6) is 0 Å². The number of hydrogen-bond acceptors (Lipinski definition) is 3. The van der Waals surface area contributed by atoms with Crippen LogP contribution in [0.2, 0.25) is 0 Å². The van der Waals surface area contributed by atoms with Gasteiger partial charge in [-0.2, -0.15) is 4.40 Å². The molecule has 0 unspecified atom stereocenters. The lowest BCUT2D eigenvalue weighted by atomic mass is 10.1. The fraction of sp³-hybridized carbons (Fsp3) is 0.250. The average Bonchev–Trinajstić information content (AvgIpc) is 3.04. The highest BCUT2D eigenvalue weighted by molar-refractivity contribution is 7.90. The van der Waals surface area contributed by atoms with E-state index in [0.29, 0.717) is 11.1 Å². The van der Waals surface area contributed by atoms with Gasteiger partial charge in [0.15, 0.2) is 0 Å². The van der Waals surface area contributed by atoms with Crippen LogP contribution in [0, 0.1) is 5.82 Å². The fourth-order valence-electron chi connectivity index (χ4n) is 2.64. The minimum atomic E-state index is -3.84. The van der Waals surface area contributed by atoms with Crippen molar-refractivity contribution in [2.24, 2.45) is 4.40 Å². The Kier molecular flexibility index (Phi) is 5.29. The lowest BCUT2D eigenvalue weighted by Crippen LogP contribution is -2.20. The van der Waals surface area contributed by atoms with Crippen LogP contribution in [0.15, 0.2) is 64.0 Å². The molecule has 0 fully saturated rings. The third-order valence-corrected chi connectivity index (χ3v) is 7.37. The Morgan fingerprint density at radius 1 is 1.11 bits per heavy atom. The summed E-state index contributed by atoms with van der Waals surface area (Å²) in [7, 11) is -5.36. The predicted molar refractivity (Wildman–Crippen MR) is 111 cm³/mol. The Balaban J connectivity index is 2.11. The molecule has 148 valence electrons. The van der Waals surface area contributed by atoms with Gasteiger partial charge in [-0.25, -0.2) is 21.0 Å². The Bertz CT molecular complexity index is 1190. The number of benzene rings is 2. The molecule has 2 aromatic carbocycles. The number of hydrogen-bond donors (Lipinski definition) is 0. The molecule has 0 aliphatic carbocycles. The third kappa shape index (κ3) is 3.79. The highest BCUT2D eigenvalue weighted by atomic mass is 32.2. The molecule has 3 aromatic rings. The first-order valence-electron chi connectivity index (χ1n) is 8.61. The van der Waals surface area contributed by atoms with Gasteiger partial charge in [-0.3, -0.25) is 0 Å². The number of halogens is 1. The molecule has 0 amide bonds. The van der Waals surface area contributed by atoms with Gasteiger partial charge in [0, 0.05) is 17.1 Å². The Hall–Kier alpha value is -2.32. The second-order valence-electron chi connectivity index (χ2n) is 7.36. The van der Waals surface area contributed by atoms with Crippen LogP contribution in [-0.4, -0.2) is 27.1 Å². The summed E-state index contributed by atoms with van der Waals surface area (Å²) in [6.45, 7) is 6.95. The van der Waals surface area contributed by atoms with Gasteiger partial charge in [-0.05, 0) is 58.0 Å². The lowest BCUT2D eigenvalue weighted by molar-refractivity contribution is 0.589. The quantitative estimate of drug-likeness (QED) is 0.591. The van der Waals surface area contributed by atoms with Gasteiger partial charge < -0.3 is 0 Å². The van der Waals surface area contributed by atoms with E-state index >= 15 is 0 Å². The molecular formula is C20H21FN2O3S2. The molecule has 0 aliphatic rings. The van der Waals surface area contributed by atoms with Crippen molar-refractivity contribution in [1.82, 2.24) is 3.97 Å². The predicted octanol–water partition coefficient (Wildman–Crippen LogP) is 4.29. The number of aromatic nitrogens is 1. The van der Waals surface area contributed by atoms with Crippen LogP contribution in [0.4, 0.5) is 4.39 Å². The van der Waals surface area contributed by atoms with Gasteiger partial charge in [0.05, 0.1) is 20.9 Å². The van der Waals surface area contributed by atoms with E-state index in [1.807, 2.05) is 0 Å². The van der Waals surface area contributed by atoms with Crippen LogP contribution in [-0.2, 0) is 21.0 Å². The zero-order chi connectivity index (χ0) is 20.7. The second kappa shape index (κ2) is 7.25. The topological polar surface area (TPSA) is 68.5 Å². The Morgan fingerprint density at radius 2 is 1.75 bits per heavy atom. The van der Waals surface area contributed by atoms with Crippen LogP contribution in [0.25, 0.3) is 10.9 Å². The fourth-order valence-corrected chi connectivity index (χ4v) is 4.62. The molecule has 0 aliphatic heterocycles. The number of rotatable bonds is 4. The molecule has 28 heavy (non-hydrogen) atoms. The first-order valence-corrected chi connectivity index (χ1v) is 11.2. The van der Waals surface area contributed by atoms with Crippen LogP contribution in [0.3, 0.4) is 0 Å². The van der Waals surface area contributed by atoms with Gasteiger partial charge in [0.25, 0.3) is 10.0 Å². The molecule has 1 atom stereocenters. The summed E-state index contributed by atoms with van der Waals surface area (Å²) in [6, 6.07) is 12.3. The maximum atomic E-state index is 14.8. The monoisotopic (exact) mass is 420 g/mol. The first kappa shape index (κ1) is 20.4. The maximum Gasteiger partial charge on any atom is 0.268 e. The summed E-state index contributed by atoms with van der Waals surface area (Å²) < 4.78 is 57.4. The molecule has 1 heterocycles. The molecule has 1 aromatic heterocycles. The zero-order valence-corrected chi connectivity index (χ0v) is 17.6. The molecule has 5 nitrogen and oxygen atoms in total. The first-order chi connectivity index (χ1) is 13.0. The van der Waals surface area contributed by atoms with Gasteiger partial charge in [0.2, 0.25) is 0 Å². The van der Waals surface area contributed by atoms with Crippen LogP contribution in [0.1, 0.15) is 33.3 Å². The normalized spacial score (nSPS) is 14.4. The van der Waals surface area contributed by atoms with Gasteiger partial charge >= 0.3 is 0 Å². The summed E-state index contributed by atoms with van der Waals surface area (Å²) in [4.78, 5) is 0.121. The van der Waals surface area contributed by atoms with E-state index in [1.165, 1.54) is 30.5 Å². The van der Waals surface area contributed by atoms with Crippen molar-refractivity contribution in [3.8, 4) is 0 Å². The van der Waals surface area contributed by atoms with Crippen molar-refractivity contribution >= 4 is 37.6 Å². The van der Waals surface area contributed by atoms with Crippen molar-refractivity contribution in [3.63, 3.8) is 0 Å². The smallest absolute Gasteiger partial charge is 0.241 e. The van der Waals surface area contributed by atoms with Gasteiger partial charge in [0.1, 0.15) is 16.8 Å². The number of fused-ring (bicyclic) bond motifs is 1. The zero-order valence-electron chi connectivity index (χ0n) is 16.0. The summed E-state index contributed by atoms with van der Waals surface area (Å²) in [5.74, 6) is -0.622. The Labute approximate surface area is 166 Å². The molecule has 0 saturated carbocycles. The van der Waals surface area contributed by atoms with E-state index in [0.717, 1.165) is 3.97 Å². The van der Waals surface area contributed by atoms with Crippen molar-refractivity contribution in [2.75, 3.05) is 0 Å². The lowest BCUT2D eigenvalue weighted by Gasteiger charge is -2.14. The SMILES string of the molecule is C/C(=N\[S@@](=O)C(C)(C)C)c1cc2ccn(S(=O)(=O)c3ccccc3)c2cc1F. The van der Waals surface area contributed by atoms with Crippen LogP contribution < -0.4 is 0 Å². The van der Waals surface area contributed by atoms with Crippen molar-refractivity contribution in [1.29, 1.82) is 0 Å². The highest BCUT2D eigenvalue weighted by Crippen LogP contribution is 2.26. The highest BCUT2D eigenvalue weighted by Gasteiger charge is 2.22. The molecule has 0 spiro atoms. The largest absolute Gasteiger partial charge is 0.268 e. The molecule has 0 radical (unpaired) electrons. The van der Waals surface area contributed by atoms with Crippen molar-refractivity contribution < 1.29 is 17.0 Å². The molecular weight excluding hydrogens is 399 g/mol. The van der Waals surface area contributed by atoms with E-state index < -0.39 is 31.6 Å². The summed E-state index contributed by atoms with van der Waals surface area (Å²) >= 11 is 0. The number of nitrogens with zero attached hydrogens (tertiary/aromatic N) is 2. The standard InChI is InChI=1S/C20H21FN2O3S2/c1-14(22-27(24)20(2,3)4)17-12-15-10-11-23(19(15)13-18(17)21)28(25,26)16-8-6-5-7-9-16/h5-13H,1-4H3/b22-14+/t27-/m0/s1. The molecule has 0 bridgehead atoms. The van der Waals surface area contributed by atoms with Gasteiger partial charge in [-0.1, -0.05) is 18.2 Å². The summed E-state index contributed by atoms with van der Waals surface area (Å²) in [6.07, 6.45) is 1.40. The van der Waals surface area contributed by atoms with Gasteiger partial charge in [-0.15, -0.1) is 0 Å². The van der Waals surface area contributed by atoms with Crippen LogP contribution >= 0.6 is 0 Å². The van der Waals surface area contributed by atoms with E-state index in [1.54, 1.807) is 52.0 Å². The average molecular weight is 421 g/mol. The molecule has 3 rings (SSSR count). The molecule has 8 heteroatoms. The summed E-state index contributed by atoms with van der Waals surface area (Å²) in [5.41, 5.74) is 0.723. The molecule has 0 saturated heterocycles. The van der Waals surface area contributed by atoms with E-state index in [-0.39, 0.29) is 16.0 Å². The second-order valence-corrected chi connectivity index (χ2v) is 11.1. The minimum absolute atomic E-state index is 0.121. The summed E-state index contributed by atoms with van der Waals surface area (Å²) in [5, 5.41) is 0.548. The third-order valence-electron chi connectivity index (χ3n) is 4.18. The molecule has 0 N–H and O–H groups in total. The van der Waals surface area contributed by atoms with E-state index in [2.05, 4.69) is 4.40 Å².